The van der Waals surface area contributed by atoms with Crippen molar-refractivity contribution >= 4 is 40.0 Å². The molecule has 0 bridgehead atoms. The Morgan fingerprint density at radius 1 is 1.11 bits per heavy atom. The standard InChI is InChI=1S/C19H30N4O2S.HI/c1-16-6-5-13-23(15-16)26(24,25)18-9-7-17(8-10-18)14-21-19(20)22-11-3-2-4-12-22;/h7-10,16H,2-6,11-15H2,1H3,(H2,20,21);1H. The van der Waals surface area contributed by atoms with Crippen molar-refractivity contribution in [2.75, 3.05) is 26.2 Å². The number of rotatable bonds is 4. The fraction of sp³-hybridized carbons (Fsp3) is 0.632. The van der Waals surface area contributed by atoms with Gasteiger partial charge in [-0.3, -0.25) is 0 Å². The Morgan fingerprint density at radius 2 is 1.78 bits per heavy atom. The minimum atomic E-state index is -3.40. The Labute approximate surface area is 180 Å². The maximum atomic E-state index is 12.8. The van der Waals surface area contributed by atoms with Crippen molar-refractivity contribution in [3.8, 4) is 0 Å². The first kappa shape index (κ1) is 22.4. The van der Waals surface area contributed by atoms with Crippen LogP contribution in [0.15, 0.2) is 34.2 Å². The van der Waals surface area contributed by atoms with Crippen LogP contribution < -0.4 is 5.73 Å². The lowest BCUT2D eigenvalue weighted by Crippen LogP contribution is -2.40. The molecule has 0 amide bonds. The van der Waals surface area contributed by atoms with Gasteiger partial charge in [-0.05, 0) is 55.7 Å². The molecule has 0 spiro atoms. The van der Waals surface area contributed by atoms with Gasteiger partial charge in [0.15, 0.2) is 5.96 Å². The molecule has 3 rings (SSSR count). The number of benzene rings is 1. The molecular formula is C19H31IN4O2S. The summed E-state index contributed by atoms with van der Waals surface area (Å²) in [4.78, 5) is 6.96. The third kappa shape index (κ3) is 5.80. The van der Waals surface area contributed by atoms with Crippen LogP contribution in [0.1, 0.15) is 44.6 Å². The molecule has 152 valence electrons. The van der Waals surface area contributed by atoms with Crippen molar-refractivity contribution < 1.29 is 8.42 Å². The van der Waals surface area contributed by atoms with Gasteiger partial charge in [0.1, 0.15) is 0 Å². The normalized spacial score (nSPS) is 22.3. The Kier molecular flexibility index (Phi) is 8.36. The molecule has 2 heterocycles. The van der Waals surface area contributed by atoms with Crippen LogP contribution in [0.25, 0.3) is 0 Å². The van der Waals surface area contributed by atoms with Crippen molar-refractivity contribution in [1.82, 2.24) is 9.21 Å². The number of hydrogen-bond donors (Lipinski definition) is 1. The average Bonchev–Trinajstić information content (AvgIpc) is 2.67. The summed E-state index contributed by atoms with van der Waals surface area (Å²) in [7, 11) is -3.40. The summed E-state index contributed by atoms with van der Waals surface area (Å²) in [6.07, 6.45) is 5.62. The zero-order valence-corrected chi connectivity index (χ0v) is 19.2. The second-order valence-electron chi connectivity index (χ2n) is 7.48. The Bertz CT molecular complexity index is 731. The summed E-state index contributed by atoms with van der Waals surface area (Å²) >= 11 is 0. The molecule has 0 aromatic heterocycles. The maximum Gasteiger partial charge on any atom is 0.243 e. The number of halogens is 1. The van der Waals surface area contributed by atoms with E-state index in [1.165, 1.54) is 6.42 Å². The van der Waals surface area contributed by atoms with E-state index in [9.17, 15) is 8.42 Å². The monoisotopic (exact) mass is 506 g/mol. The van der Waals surface area contributed by atoms with Crippen LogP contribution in [0.5, 0.6) is 0 Å². The second-order valence-corrected chi connectivity index (χ2v) is 9.41. The maximum absolute atomic E-state index is 12.8. The van der Waals surface area contributed by atoms with Crippen LogP contribution in [-0.4, -0.2) is 49.8 Å². The van der Waals surface area contributed by atoms with Gasteiger partial charge in [0, 0.05) is 26.2 Å². The highest BCUT2D eigenvalue weighted by Crippen LogP contribution is 2.23. The van der Waals surface area contributed by atoms with Crippen molar-refractivity contribution in [2.45, 2.75) is 50.5 Å². The van der Waals surface area contributed by atoms with Crippen LogP contribution in [0.4, 0.5) is 0 Å². The van der Waals surface area contributed by atoms with E-state index in [2.05, 4.69) is 16.8 Å². The second kappa shape index (κ2) is 10.1. The van der Waals surface area contributed by atoms with Crippen LogP contribution >= 0.6 is 24.0 Å². The fourth-order valence-corrected chi connectivity index (χ4v) is 5.27. The molecule has 6 nitrogen and oxygen atoms in total. The molecule has 27 heavy (non-hydrogen) atoms. The first-order chi connectivity index (χ1) is 12.5. The van der Waals surface area contributed by atoms with Crippen LogP contribution in [-0.2, 0) is 16.6 Å². The van der Waals surface area contributed by atoms with Gasteiger partial charge in [0.05, 0.1) is 11.4 Å². The molecule has 1 unspecified atom stereocenters. The first-order valence-corrected chi connectivity index (χ1v) is 11.0. The lowest BCUT2D eigenvalue weighted by Gasteiger charge is -2.30. The van der Waals surface area contributed by atoms with E-state index in [1.807, 2.05) is 12.1 Å². The average molecular weight is 506 g/mol. The lowest BCUT2D eigenvalue weighted by atomic mass is 10.0. The van der Waals surface area contributed by atoms with Crippen LogP contribution in [0.2, 0.25) is 0 Å². The predicted octanol–water partition coefficient (Wildman–Crippen LogP) is 3.03. The Balaban J connectivity index is 0.00000261. The van der Waals surface area contributed by atoms with Crippen LogP contribution in [0, 0.1) is 5.92 Å². The van der Waals surface area contributed by atoms with Gasteiger partial charge in [-0.1, -0.05) is 19.1 Å². The van der Waals surface area contributed by atoms with E-state index in [0.29, 0.717) is 36.4 Å². The number of nitrogens with zero attached hydrogens (tertiary/aromatic N) is 3. The van der Waals surface area contributed by atoms with Crippen molar-refractivity contribution in [3.63, 3.8) is 0 Å². The highest BCUT2D eigenvalue weighted by atomic mass is 127. The summed E-state index contributed by atoms with van der Waals surface area (Å²) in [6.45, 7) is 5.76. The quantitative estimate of drug-likeness (QED) is 0.387. The number of sulfonamides is 1. The smallest absolute Gasteiger partial charge is 0.243 e. The summed E-state index contributed by atoms with van der Waals surface area (Å²) < 4.78 is 27.2. The lowest BCUT2D eigenvalue weighted by molar-refractivity contribution is 0.281. The number of nitrogens with two attached hydrogens (primary N) is 1. The van der Waals surface area contributed by atoms with Crippen molar-refractivity contribution in [2.24, 2.45) is 16.6 Å². The minimum Gasteiger partial charge on any atom is -0.370 e. The molecule has 1 aromatic carbocycles. The molecule has 2 fully saturated rings. The zero-order valence-electron chi connectivity index (χ0n) is 16.0. The Hall–Kier alpha value is -0.870. The summed E-state index contributed by atoms with van der Waals surface area (Å²) in [5.74, 6) is 1.01. The Morgan fingerprint density at radius 3 is 2.41 bits per heavy atom. The zero-order chi connectivity index (χ0) is 18.6. The van der Waals surface area contributed by atoms with E-state index in [1.54, 1.807) is 16.4 Å². The minimum absolute atomic E-state index is 0. The van der Waals surface area contributed by atoms with Gasteiger partial charge in [0.25, 0.3) is 0 Å². The summed E-state index contributed by atoms with van der Waals surface area (Å²) in [5, 5.41) is 0. The highest BCUT2D eigenvalue weighted by Gasteiger charge is 2.28. The fourth-order valence-electron chi connectivity index (χ4n) is 3.68. The molecule has 1 atom stereocenters. The van der Waals surface area contributed by atoms with E-state index < -0.39 is 10.0 Å². The van der Waals surface area contributed by atoms with Gasteiger partial charge < -0.3 is 10.6 Å². The van der Waals surface area contributed by atoms with E-state index >= 15 is 0 Å². The number of hydrogen-bond acceptors (Lipinski definition) is 3. The van der Waals surface area contributed by atoms with Gasteiger partial charge in [0.2, 0.25) is 10.0 Å². The molecule has 2 aliphatic rings. The van der Waals surface area contributed by atoms with Gasteiger partial charge in [-0.25, -0.2) is 13.4 Å². The van der Waals surface area contributed by atoms with E-state index in [-0.39, 0.29) is 24.0 Å². The van der Waals surface area contributed by atoms with Crippen molar-refractivity contribution in [3.05, 3.63) is 29.8 Å². The molecule has 0 saturated carbocycles. The number of piperidine rings is 2. The number of guanidine groups is 1. The molecular weight excluding hydrogens is 475 g/mol. The van der Waals surface area contributed by atoms with Crippen LogP contribution in [0.3, 0.4) is 0 Å². The topological polar surface area (TPSA) is 79.0 Å². The largest absolute Gasteiger partial charge is 0.370 e. The highest BCUT2D eigenvalue weighted by molar-refractivity contribution is 14.0. The first-order valence-electron chi connectivity index (χ1n) is 9.61. The van der Waals surface area contributed by atoms with E-state index in [0.717, 1.165) is 44.3 Å². The molecule has 2 N–H and O–H groups in total. The van der Waals surface area contributed by atoms with Gasteiger partial charge in [-0.15, -0.1) is 24.0 Å². The number of aliphatic imine (C=N–C) groups is 1. The van der Waals surface area contributed by atoms with Crippen molar-refractivity contribution in [1.29, 1.82) is 0 Å². The predicted molar refractivity (Wildman–Crippen MR) is 120 cm³/mol. The molecule has 0 radical (unpaired) electrons. The van der Waals surface area contributed by atoms with Gasteiger partial charge in [-0.2, -0.15) is 4.31 Å². The molecule has 2 saturated heterocycles. The molecule has 1 aromatic rings. The number of likely N-dealkylation sites (tertiary alicyclic amines) is 1. The SMILES string of the molecule is CC1CCCN(S(=O)(=O)c2ccc(CN=C(N)N3CCCCC3)cc2)C1.I. The summed E-state index contributed by atoms with van der Waals surface area (Å²) in [5.41, 5.74) is 7.05. The van der Waals surface area contributed by atoms with Gasteiger partial charge >= 0.3 is 0 Å². The molecule has 8 heteroatoms. The molecule has 0 aliphatic carbocycles. The van der Waals surface area contributed by atoms with E-state index in [4.69, 9.17) is 5.73 Å². The summed E-state index contributed by atoms with van der Waals surface area (Å²) in [6, 6.07) is 7.06. The third-order valence-corrected chi connectivity index (χ3v) is 7.16. The molecule has 2 aliphatic heterocycles. The third-order valence-electron chi connectivity index (χ3n) is 5.28.